The fraction of sp³-hybridized carbons (Fsp3) is 0.923. The van der Waals surface area contributed by atoms with E-state index in [1.165, 1.54) is 12.8 Å². The Kier molecular flexibility index (Phi) is 4.40. The molecule has 0 bridgehead atoms. The van der Waals surface area contributed by atoms with E-state index in [2.05, 4.69) is 10.6 Å². The van der Waals surface area contributed by atoms with E-state index >= 15 is 0 Å². The zero-order valence-corrected chi connectivity index (χ0v) is 10.6. The molecule has 2 rings (SSSR count). The summed E-state index contributed by atoms with van der Waals surface area (Å²) in [5.74, 6) is 0.426. The van der Waals surface area contributed by atoms with Crippen LogP contribution in [0.4, 0.5) is 0 Å². The predicted octanol–water partition coefficient (Wildman–Crippen LogP) is 0.794. The van der Waals surface area contributed by atoms with Gasteiger partial charge in [-0.1, -0.05) is 12.8 Å². The van der Waals surface area contributed by atoms with E-state index in [1.807, 2.05) is 6.92 Å². The Morgan fingerprint density at radius 1 is 1.29 bits per heavy atom. The average Bonchev–Trinajstić information content (AvgIpc) is 3.13. The van der Waals surface area contributed by atoms with Gasteiger partial charge in [-0.25, -0.2) is 0 Å². The fourth-order valence-corrected chi connectivity index (χ4v) is 2.60. The summed E-state index contributed by atoms with van der Waals surface area (Å²) in [6.45, 7) is 2.15. The highest BCUT2D eigenvalue weighted by molar-refractivity contribution is 5.81. The summed E-state index contributed by atoms with van der Waals surface area (Å²) in [5, 5.41) is 15.7. The Labute approximate surface area is 103 Å². The maximum Gasteiger partial charge on any atom is 0.237 e. The van der Waals surface area contributed by atoms with Crippen molar-refractivity contribution < 1.29 is 9.90 Å². The second-order valence-corrected chi connectivity index (χ2v) is 5.50. The molecule has 0 aromatic heterocycles. The van der Waals surface area contributed by atoms with Crippen LogP contribution in [-0.4, -0.2) is 35.7 Å². The molecule has 0 aromatic rings. The molecule has 2 aliphatic rings. The molecule has 3 atom stereocenters. The molecule has 4 nitrogen and oxygen atoms in total. The van der Waals surface area contributed by atoms with Crippen molar-refractivity contribution in [2.24, 2.45) is 5.92 Å². The molecule has 0 heterocycles. The lowest BCUT2D eigenvalue weighted by molar-refractivity contribution is -0.123. The normalized spacial score (nSPS) is 30.9. The van der Waals surface area contributed by atoms with Crippen molar-refractivity contribution in [1.82, 2.24) is 10.6 Å². The summed E-state index contributed by atoms with van der Waals surface area (Å²) in [7, 11) is 0. The van der Waals surface area contributed by atoms with E-state index in [0.29, 0.717) is 18.0 Å². The molecule has 17 heavy (non-hydrogen) atoms. The van der Waals surface area contributed by atoms with Crippen LogP contribution in [0.1, 0.15) is 45.4 Å². The summed E-state index contributed by atoms with van der Waals surface area (Å²) in [6.07, 6.45) is 6.80. The van der Waals surface area contributed by atoms with Gasteiger partial charge in [-0.2, -0.15) is 0 Å². The molecule has 0 aromatic carbocycles. The molecule has 2 aliphatic carbocycles. The summed E-state index contributed by atoms with van der Waals surface area (Å²) < 4.78 is 0. The predicted molar refractivity (Wildman–Crippen MR) is 66.6 cm³/mol. The van der Waals surface area contributed by atoms with Gasteiger partial charge in [-0.05, 0) is 38.5 Å². The van der Waals surface area contributed by atoms with Crippen LogP contribution < -0.4 is 10.6 Å². The number of carbonyl (C=O) groups is 1. The second-order valence-electron chi connectivity index (χ2n) is 5.50. The topological polar surface area (TPSA) is 61.4 Å². The van der Waals surface area contributed by atoms with Crippen molar-refractivity contribution in [2.75, 3.05) is 6.61 Å². The Morgan fingerprint density at radius 3 is 2.65 bits per heavy atom. The van der Waals surface area contributed by atoms with Gasteiger partial charge in [-0.15, -0.1) is 0 Å². The standard InChI is InChI=1S/C13H24N2O2/c1-9(13(17)15-11-6-7-11)14-12-5-3-2-4-10(12)8-16/h9-12,14,16H,2-8H2,1H3,(H,15,17). The van der Waals surface area contributed by atoms with Gasteiger partial charge in [0, 0.05) is 18.7 Å². The minimum Gasteiger partial charge on any atom is -0.396 e. The Balaban J connectivity index is 1.78. The molecule has 2 fully saturated rings. The highest BCUT2D eigenvalue weighted by Crippen LogP contribution is 2.24. The first kappa shape index (κ1) is 12.8. The van der Waals surface area contributed by atoms with E-state index in [0.717, 1.165) is 25.7 Å². The second kappa shape index (κ2) is 5.83. The smallest absolute Gasteiger partial charge is 0.237 e. The van der Waals surface area contributed by atoms with Crippen molar-refractivity contribution in [2.45, 2.75) is 63.6 Å². The zero-order valence-electron chi connectivity index (χ0n) is 10.6. The quantitative estimate of drug-likeness (QED) is 0.666. The van der Waals surface area contributed by atoms with Gasteiger partial charge in [0.2, 0.25) is 5.91 Å². The van der Waals surface area contributed by atoms with Crippen LogP contribution in [0, 0.1) is 5.92 Å². The number of amides is 1. The molecular formula is C13H24N2O2. The minimum absolute atomic E-state index is 0.106. The number of rotatable bonds is 5. The summed E-state index contributed by atoms with van der Waals surface area (Å²) in [6, 6.07) is 0.577. The molecule has 98 valence electrons. The third-order valence-electron chi connectivity index (χ3n) is 3.92. The van der Waals surface area contributed by atoms with Crippen molar-refractivity contribution in [3.05, 3.63) is 0 Å². The van der Waals surface area contributed by atoms with Gasteiger partial charge in [0.1, 0.15) is 0 Å². The Bertz CT molecular complexity index is 266. The third kappa shape index (κ3) is 3.68. The maximum atomic E-state index is 11.8. The molecule has 0 saturated heterocycles. The van der Waals surface area contributed by atoms with Gasteiger partial charge in [0.05, 0.1) is 6.04 Å². The van der Waals surface area contributed by atoms with Crippen LogP contribution in [0.2, 0.25) is 0 Å². The molecular weight excluding hydrogens is 216 g/mol. The molecule has 1 amide bonds. The molecule has 4 heteroatoms. The minimum atomic E-state index is -0.146. The lowest BCUT2D eigenvalue weighted by Gasteiger charge is -2.33. The van der Waals surface area contributed by atoms with E-state index in [4.69, 9.17) is 0 Å². The Hall–Kier alpha value is -0.610. The van der Waals surface area contributed by atoms with Gasteiger partial charge in [0.15, 0.2) is 0 Å². The van der Waals surface area contributed by atoms with Gasteiger partial charge in [0.25, 0.3) is 0 Å². The molecule has 0 spiro atoms. The highest BCUT2D eigenvalue weighted by Gasteiger charge is 2.29. The van der Waals surface area contributed by atoms with Crippen LogP contribution in [0.3, 0.4) is 0 Å². The average molecular weight is 240 g/mol. The van der Waals surface area contributed by atoms with Crippen LogP contribution in [0.25, 0.3) is 0 Å². The van der Waals surface area contributed by atoms with Crippen LogP contribution in [-0.2, 0) is 4.79 Å². The monoisotopic (exact) mass is 240 g/mol. The largest absolute Gasteiger partial charge is 0.396 e. The molecule has 3 unspecified atom stereocenters. The van der Waals surface area contributed by atoms with E-state index in [1.54, 1.807) is 0 Å². The van der Waals surface area contributed by atoms with E-state index < -0.39 is 0 Å². The summed E-state index contributed by atoms with van der Waals surface area (Å²) in [4.78, 5) is 11.8. The van der Waals surface area contributed by atoms with Crippen LogP contribution in [0.5, 0.6) is 0 Å². The molecule has 0 aliphatic heterocycles. The SMILES string of the molecule is CC(NC1CCCCC1CO)C(=O)NC1CC1. The molecule has 3 N–H and O–H groups in total. The number of hydrogen-bond donors (Lipinski definition) is 3. The van der Waals surface area contributed by atoms with Crippen molar-refractivity contribution in [1.29, 1.82) is 0 Å². The maximum absolute atomic E-state index is 11.8. The van der Waals surface area contributed by atoms with Crippen molar-refractivity contribution in [3.63, 3.8) is 0 Å². The third-order valence-corrected chi connectivity index (χ3v) is 3.92. The lowest BCUT2D eigenvalue weighted by atomic mass is 9.84. The number of carbonyl (C=O) groups excluding carboxylic acids is 1. The highest BCUT2D eigenvalue weighted by atomic mass is 16.3. The summed E-state index contributed by atoms with van der Waals surface area (Å²) in [5.41, 5.74) is 0. The molecule has 2 saturated carbocycles. The number of nitrogens with one attached hydrogen (secondary N) is 2. The van der Waals surface area contributed by atoms with E-state index in [9.17, 15) is 9.90 Å². The number of hydrogen-bond acceptors (Lipinski definition) is 3. The lowest BCUT2D eigenvalue weighted by Crippen LogP contribution is -2.50. The first-order valence-corrected chi connectivity index (χ1v) is 6.88. The number of aliphatic hydroxyl groups excluding tert-OH is 1. The number of aliphatic hydroxyl groups is 1. The van der Waals surface area contributed by atoms with Crippen molar-refractivity contribution in [3.8, 4) is 0 Å². The summed E-state index contributed by atoms with van der Waals surface area (Å²) >= 11 is 0. The van der Waals surface area contributed by atoms with Crippen LogP contribution >= 0.6 is 0 Å². The van der Waals surface area contributed by atoms with Gasteiger partial charge >= 0.3 is 0 Å². The van der Waals surface area contributed by atoms with Crippen LogP contribution in [0.15, 0.2) is 0 Å². The first-order valence-electron chi connectivity index (χ1n) is 6.88. The van der Waals surface area contributed by atoms with Gasteiger partial charge in [-0.3, -0.25) is 4.79 Å². The first-order chi connectivity index (χ1) is 8.20. The fourth-order valence-electron chi connectivity index (χ4n) is 2.60. The van der Waals surface area contributed by atoms with Gasteiger partial charge < -0.3 is 15.7 Å². The van der Waals surface area contributed by atoms with E-state index in [-0.39, 0.29) is 18.6 Å². The molecule has 0 radical (unpaired) electrons. The zero-order chi connectivity index (χ0) is 12.3. The van der Waals surface area contributed by atoms with Crippen molar-refractivity contribution >= 4 is 5.91 Å². The Morgan fingerprint density at radius 2 is 2.00 bits per heavy atom.